The van der Waals surface area contributed by atoms with Crippen LogP contribution in [0.3, 0.4) is 0 Å². The SMILES string of the molecule is C/C=C\c1cc(Cl)ccc1N(Cc1ccc(C(=O)OCCCC)cc1)C(C)=O. The average molecular weight is 400 g/mol. The van der Waals surface area contributed by atoms with Gasteiger partial charge in [0.2, 0.25) is 5.91 Å². The highest BCUT2D eigenvalue weighted by atomic mass is 35.5. The monoisotopic (exact) mass is 399 g/mol. The molecule has 0 atom stereocenters. The van der Waals surface area contributed by atoms with Crippen LogP contribution in [0.15, 0.2) is 48.5 Å². The molecule has 0 saturated carbocycles. The van der Waals surface area contributed by atoms with Crippen molar-refractivity contribution in [3.8, 4) is 0 Å². The van der Waals surface area contributed by atoms with Crippen molar-refractivity contribution in [3.05, 3.63) is 70.3 Å². The van der Waals surface area contributed by atoms with Crippen LogP contribution in [0.25, 0.3) is 6.08 Å². The van der Waals surface area contributed by atoms with Crippen molar-refractivity contribution in [2.24, 2.45) is 0 Å². The quantitative estimate of drug-likeness (QED) is 0.411. The lowest BCUT2D eigenvalue weighted by Crippen LogP contribution is -2.28. The summed E-state index contributed by atoms with van der Waals surface area (Å²) < 4.78 is 5.23. The summed E-state index contributed by atoms with van der Waals surface area (Å²) in [4.78, 5) is 26.0. The minimum atomic E-state index is -0.323. The predicted molar refractivity (Wildman–Crippen MR) is 115 cm³/mol. The van der Waals surface area contributed by atoms with E-state index in [1.54, 1.807) is 23.1 Å². The maximum atomic E-state index is 12.3. The van der Waals surface area contributed by atoms with Gasteiger partial charge in [0, 0.05) is 11.9 Å². The molecule has 0 aliphatic carbocycles. The molecule has 0 N–H and O–H groups in total. The molecule has 0 bridgehead atoms. The Bertz CT molecular complexity index is 843. The Morgan fingerprint density at radius 1 is 1.14 bits per heavy atom. The largest absolute Gasteiger partial charge is 0.462 e. The molecule has 2 rings (SSSR count). The van der Waals surface area contributed by atoms with E-state index < -0.39 is 0 Å². The first-order chi connectivity index (χ1) is 13.5. The number of unbranched alkanes of at least 4 members (excludes halogenated alkanes) is 1. The Labute approximate surface area is 171 Å². The molecule has 2 aromatic rings. The maximum Gasteiger partial charge on any atom is 0.338 e. The minimum Gasteiger partial charge on any atom is -0.462 e. The molecule has 4 nitrogen and oxygen atoms in total. The third-order valence-corrected chi connectivity index (χ3v) is 4.50. The van der Waals surface area contributed by atoms with Crippen LogP contribution in [0.5, 0.6) is 0 Å². The van der Waals surface area contributed by atoms with Gasteiger partial charge < -0.3 is 9.64 Å². The molecule has 0 aliphatic heterocycles. The van der Waals surface area contributed by atoms with Crippen LogP contribution in [0.2, 0.25) is 5.02 Å². The summed E-state index contributed by atoms with van der Waals surface area (Å²) in [7, 11) is 0. The summed E-state index contributed by atoms with van der Waals surface area (Å²) >= 11 is 6.11. The number of anilines is 1. The van der Waals surface area contributed by atoms with E-state index in [1.165, 1.54) is 6.92 Å². The van der Waals surface area contributed by atoms with Crippen LogP contribution >= 0.6 is 11.6 Å². The van der Waals surface area contributed by atoms with Gasteiger partial charge in [-0.1, -0.05) is 49.2 Å². The molecule has 0 heterocycles. The molecule has 28 heavy (non-hydrogen) atoms. The predicted octanol–water partition coefficient (Wildman–Crippen LogP) is 5.88. The Kier molecular flexibility index (Phi) is 8.27. The van der Waals surface area contributed by atoms with Crippen LogP contribution in [0, 0.1) is 0 Å². The Morgan fingerprint density at radius 2 is 1.86 bits per heavy atom. The van der Waals surface area contributed by atoms with E-state index in [4.69, 9.17) is 16.3 Å². The van der Waals surface area contributed by atoms with Crippen molar-refractivity contribution >= 4 is 35.2 Å². The van der Waals surface area contributed by atoms with Crippen LogP contribution in [-0.4, -0.2) is 18.5 Å². The number of esters is 1. The zero-order valence-electron chi connectivity index (χ0n) is 16.6. The van der Waals surface area contributed by atoms with Gasteiger partial charge in [0.25, 0.3) is 0 Å². The molecule has 2 aromatic carbocycles. The van der Waals surface area contributed by atoms with Crippen LogP contribution in [-0.2, 0) is 16.1 Å². The van der Waals surface area contributed by atoms with Crippen LogP contribution < -0.4 is 4.90 Å². The van der Waals surface area contributed by atoms with Gasteiger partial charge in [0.15, 0.2) is 0 Å². The van der Waals surface area contributed by atoms with Gasteiger partial charge in [-0.3, -0.25) is 4.79 Å². The third-order valence-electron chi connectivity index (χ3n) is 4.27. The minimum absolute atomic E-state index is 0.0730. The fourth-order valence-electron chi connectivity index (χ4n) is 2.77. The molecule has 148 valence electrons. The van der Waals surface area contributed by atoms with E-state index in [0.29, 0.717) is 23.7 Å². The summed E-state index contributed by atoms with van der Waals surface area (Å²) in [6.07, 6.45) is 5.67. The van der Waals surface area contributed by atoms with Crippen LogP contribution in [0.1, 0.15) is 55.1 Å². The van der Waals surface area contributed by atoms with Crippen LogP contribution in [0.4, 0.5) is 5.69 Å². The van der Waals surface area contributed by atoms with Crippen molar-refractivity contribution in [3.63, 3.8) is 0 Å². The van der Waals surface area contributed by atoms with E-state index in [-0.39, 0.29) is 11.9 Å². The lowest BCUT2D eigenvalue weighted by molar-refractivity contribution is -0.116. The normalized spacial score (nSPS) is 10.9. The number of benzene rings is 2. The first kappa shape index (κ1) is 21.7. The molecule has 0 saturated heterocycles. The molecule has 1 amide bonds. The lowest BCUT2D eigenvalue weighted by atomic mass is 10.1. The molecule has 0 aliphatic rings. The van der Waals surface area contributed by atoms with Gasteiger partial charge in [-0.05, 0) is 54.8 Å². The summed E-state index contributed by atoms with van der Waals surface area (Å²) in [6, 6.07) is 12.6. The number of carbonyl (C=O) groups is 2. The van der Waals surface area contributed by atoms with Crippen molar-refractivity contribution in [2.75, 3.05) is 11.5 Å². The van der Waals surface area contributed by atoms with E-state index >= 15 is 0 Å². The average Bonchev–Trinajstić information content (AvgIpc) is 2.67. The molecule has 0 aromatic heterocycles. The van der Waals surface area contributed by atoms with Gasteiger partial charge in [-0.15, -0.1) is 0 Å². The van der Waals surface area contributed by atoms with Gasteiger partial charge >= 0.3 is 5.97 Å². The first-order valence-electron chi connectivity index (χ1n) is 9.42. The number of allylic oxidation sites excluding steroid dienone is 1. The first-order valence-corrected chi connectivity index (χ1v) is 9.80. The van der Waals surface area contributed by atoms with Gasteiger partial charge in [-0.25, -0.2) is 4.79 Å². The second-order valence-corrected chi connectivity index (χ2v) is 6.93. The van der Waals surface area contributed by atoms with Crippen molar-refractivity contribution in [1.29, 1.82) is 0 Å². The standard InChI is InChI=1S/C23H26ClNO3/c1-4-6-14-28-23(27)19-10-8-18(9-11-19)16-25(17(3)26)22-13-12-21(24)15-20(22)7-5-2/h5,7-13,15H,4,6,14,16H2,1-3H3/b7-5-. The van der Waals surface area contributed by atoms with Crippen molar-refractivity contribution < 1.29 is 14.3 Å². The van der Waals surface area contributed by atoms with Gasteiger partial charge in [0.05, 0.1) is 24.4 Å². The number of ether oxygens (including phenoxy) is 1. The van der Waals surface area contributed by atoms with Crippen molar-refractivity contribution in [1.82, 2.24) is 0 Å². The highest BCUT2D eigenvalue weighted by Gasteiger charge is 2.16. The highest BCUT2D eigenvalue weighted by Crippen LogP contribution is 2.27. The number of amides is 1. The number of hydrogen-bond donors (Lipinski definition) is 0. The second-order valence-electron chi connectivity index (χ2n) is 6.49. The number of rotatable bonds is 8. The molecule has 0 fully saturated rings. The number of nitrogens with zero attached hydrogens (tertiary/aromatic N) is 1. The highest BCUT2D eigenvalue weighted by molar-refractivity contribution is 6.30. The number of carbonyl (C=O) groups excluding carboxylic acids is 2. The Balaban J connectivity index is 2.20. The molecular formula is C23H26ClNO3. The van der Waals surface area contributed by atoms with E-state index in [0.717, 1.165) is 29.7 Å². The molecule has 0 spiro atoms. The van der Waals surface area contributed by atoms with E-state index in [9.17, 15) is 9.59 Å². The molecule has 5 heteroatoms. The maximum absolute atomic E-state index is 12.3. The Hall–Kier alpha value is -2.59. The van der Waals surface area contributed by atoms with Gasteiger partial charge in [0.1, 0.15) is 0 Å². The fourth-order valence-corrected chi connectivity index (χ4v) is 2.95. The Morgan fingerprint density at radius 3 is 2.46 bits per heavy atom. The third kappa shape index (κ3) is 5.96. The zero-order valence-corrected chi connectivity index (χ0v) is 17.3. The summed E-state index contributed by atoms with van der Waals surface area (Å²) in [6.45, 7) is 6.33. The zero-order chi connectivity index (χ0) is 20.5. The molecular weight excluding hydrogens is 374 g/mol. The fraction of sp³-hybridized carbons (Fsp3) is 0.304. The van der Waals surface area contributed by atoms with E-state index in [2.05, 4.69) is 0 Å². The number of halogens is 1. The van der Waals surface area contributed by atoms with Crippen molar-refractivity contribution in [2.45, 2.75) is 40.2 Å². The number of hydrogen-bond acceptors (Lipinski definition) is 3. The topological polar surface area (TPSA) is 46.6 Å². The molecule has 0 radical (unpaired) electrons. The summed E-state index contributed by atoms with van der Waals surface area (Å²) in [5, 5.41) is 0.617. The summed E-state index contributed by atoms with van der Waals surface area (Å²) in [5.74, 6) is -0.396. The molecule has 0 unspecified atom stereocenters. The van der Waals surface area contributed by atoms with Gasteiger partial charge in [-0.2, -0.15) is 0 Å². The lowest BCUT2D eigenvalue weighted by Gasteiger charge is -2.23. The summed E-state index contributed by atoms with van der Waals surface area (Å²) in [5.41, 5.74) is 3.09. The smallest absolute Gasteiger partial charge is 0.338 e. The second kappa shape index (κ2) is 10.7. The van der Waals surface area contributed by atoms with E-state index in [1.807, 2.05) is 50.3 Å².